The van der Waals surface area contributed by atoms with Crippen LogP contribution in [-0.4, -0.2) is 115 Å². The number of carbonyl (C=O) groups excluding carboxylic acids is 5. The van der Waals surface area contributed by atoms with Crippen LogP contribution in [0.3, 0.4) is 0 Å². The fraction of sp³-hybridized carbons (Fsp3) is 0.516. The number of nitrogens with zero attached hydrogens (tertiary/aromatic N) is 2. The van der Waals surface area contributed by atoms with Gasteiger partial charge in [-0.2, -0.15) is 0 Å². The first-order valence-corrected chi connectivity index (χ1v) is 14.0. The van der Waals surface area contributed by atoms with E-state index >= 15 is 0 Å². The number of aliphatic hydroxyl groups excluding tert-OH is 1. The first-order chi connectivity index (χ1) is 20.4. The Morgan fingerprint density at radius 2 is 1.51 bits per heavy atom. The summed E-state index contributed by atoms with van der Waals surface area (Å²) >= 11 is 0. The van der Waals surface area contributed by atoms with E-state index in [-0.39, 0.29) is 58.0 Å². The van der Waals surface area contributed by atoms with E-state index in [0.29, 0.717) is 5.57 Å². The summed E-state index contributed by atoms with van der Waals surface area (Å²) in [6, 6.07) is -3.50. The predicted octanol–water partition coefficient (Wildman–Crippen LogP) is 0.706. The lowest BCUT2D eigenvalue weighted by Crippen LogP contribution is -2.77. The van der Waals surface area contributed by atoms with Gasteiger partial charge in [0.2, 0.25) is 11.6 Å². The minimum Gasteiger partial charge on any atom is -0.492 e. The Kier molecular flexibility index (Phi) is 7.93. The van der Waals surface area contributed by atoms with Crippen molar-refractivity contribution in [2.75, 3.05) is 35.0 Å². The number of rotatable bonds is 6. The number of hydrogen-bond acceptors (Lipinski definition) is 12. The van der Waals surface area contributed by atoms with Crippen LogP contribution in [0.5, 0.6) is 0 Å². The smallest absolute Gasteiger partial charge is 0.333 e. The van der Waals surface area contributed by atoms with Crippen LogP contribution in [0.4, 0.5) is 0 Å². The maximum Gasteiger partial charge on any atom is 0.333 e. The zero-order valence-corrected chi connectivity index (χ0v) is 25.5. The molecule has 12 nitrogen and oxygen atoms in total. The van der Waals surface area contributed by atoms with Gasteiger partial charge < -0.3 is 24.1 Å². The first kappa shape index (κ1) is 30.7. The minimum absolute atomic E-state index is 0.0216. The maximum atomic E-state index is 14.0. The number of Topliss-reactive ketones (excluding diaryl/α,β-unsaturated/α-hetero) is 4. The van der Waals surface area contributed by atoms with E-state index < -0.39 is 65.6 Å². The molecule has 0 saturated carbocycles. The van der Waals surface area contributed by atoms with Crippen molar-refractivity contribution in [2.24, 2.45) is 0 Å². The number of piperazine rings is 1. The average Bonchev–Trinajstić information content (AvgIpc) is 2.99. The van der Waals surface area contributed by atoms with Gasteiger partial charge in [0, 0.05) is 52.2 Å². The number of ether oxygens (including phenoxy) is 4. The molecule has 3 aliphatic heterocycles. The molecule has 2 unspecified atom stereocenters. The molecule has 3 heterocycles. The molecule has 0 amide bonds. The molecule has 6 atom stereocenters. The van der Waals surface area contributed by atoms with Gasteiger partial charge in [0.1, 0.15) is 18.9 Å². The fourth-order valence-electron chi connectivity index (χ4n) is 7.29. The highest BCUT2D eigenvalue weighted by Gasteiger charge is 2.62. The van der Waals surface area contributed by atoms with E-state index in [9.17, 15) is 29.1 Å². The monoisotopic (exact) mass is 596 g/mol. The molecule has 0 spiro atoms. The Balaban J connectivity index is 1.72. The minimum atomic E-state index is -1.36. The number of ketones is 4. The van der Waals surface area contributed by atoms with E-state index in [0.717, 1.165) is 0 Å². The van der Waals surface area contributed by atoms with Crippen LogP contribution in [0, 0.1) is 0 Å². The largest absolute Gasteiger partial charge is 0.492 e. The number of allylic oxidation sites excluding steroid dienone is 5. The molecule has 2 aliphatic carbocycles. The molecule has 12 heteroatoms. The van der Waals surface area contributed by atoms with Crippen LogP contribution in [0.25, 0.3) is 0 Å². The normalized spacial score (nSPS) is 31.8. The summed E-state index contributed by atoms with van der Waals surface area (Å²) < 4.78 is 22.1. The Morgan fingerprint density at radius 3 is 2.07 bits per heavy atom. The molecule has 0 aromatic rings. The zero-order valence-electron chi connectivity index (χ0n) is 25.5. The number of likely N-dealkylation sites (N-methyl/N-ethyl adjacent to an activating group) is 1. The van der Waals surface area contributed by atoms with Gasteiger partial charge in [-0.3, -0.25) is 29.0 Å². The van der Waals surface area contributed by atoms with Crippen molar-refractivity contribution in [1.29, 1.82) is 0 Å². The molecule has 230 valence electrons. The number of hydrogen-bond donors (Lipinski definition) is 1. The van der Waals surface area contributed by atoms with Gasteiger partial charge in [0.05, 0.1) is 32.3 Å². The van der Waals surface area contributed by atoms with Gasteiger partial charge in [-0.1, -0.05) is 6.08 Å². The number of aliphatic hydroxyl groups is 1. The van der Waals surface area contributed by atoms with Crippen molar-refractivity contribution in [1.82, 2.24) is 9.80 Å². The van der Waals surface area contributed by atoms with Gasteiger partial charge >= 0.3 is 5.97 Å². The van der Waals surface area contributed by atoms with Crippen molar-refractivity contribution >= 4 is 29.1 Å². The lowest BCUT2D eigenvalue weighted by atomic mass is 9.68. The standard InChI is InChI=1S/C31H36N2O10/c1-9-12(2)31(39)43-11-17-18-15(23(34)13(3)27(40-6)25(18)36)10-16-21-19-20(24(35)14(4)28(41-7)26(19)37)29(42-8)22(32(21)5)30(38)33(16)17/h9,16-17,21-22,29-30,38H,10-11H2,1-8H3/b12-9-/t16-,17-,21?,22?,29-,30-/m0/s1. The summed E-state index contributed by atoms with van der Waals surface area (Å²) in [6.45, 7) is 5.92. The van der Waals surface area contributed by atoms with E-state index in [1.54, 1.807) is 36.8 Å². The summed E-state index contributed by atoms with van der Waals surface area (Å²) in [5.41, 5.74) is 1.18. The number of esters is 1. The van der Waals surface area contributed by atoms with Crippen LogP contribution < -0.4 is 0 Å². The first-order valence-electron chi connectivity index (χ1n) is 14.0. The molecule has 0 aromatic carbocycles. The van der Waals surface area contributed by atoms with Crippen molar-refractivity contribution in [2.45, 2.75) is 70.6 Å². The second kappa shape index (κ2) is 11.1. The van der Waals surface area contributed by atoms with Crippen molar-refractivity contribution < 1.29 is 48.0 Å². The number of methoxy groups -OCH3 is 3. The van der Waals surface area contributed by atoms with Crippen LogP contribution >= 0.6 is 0 Å². The molecule has 0 aromatic heterocycles. The van der Waals surface area contributed by atoms with Crippen molar-refractivity contribution in [3.05, 3.63) is 56.6 Å². The van der Waals surface area contributed by atoms with Crippen LogP contribution in [0.15, 0.2) is 56.6 Å². The highest BCUT2D eigenvalue weighted by Crippen LogP contribution is 2.49. The second-order valence-corrected chi connectivity index (χ2v) is 11.3. The molecule has 1 fully saturated rings. The van der Waals surface area contributed by atoms with Gasteiger partial charge in [0.25, 0.3) is 0 Å². The molecular formula is C31H36N2O10. The molecule has 2 bridgehead atoms. The van der Waals surface area contributed by atoms with E-state index in [2.05, 4.69) is 0 Å². The van der Waals surface area contributed by atoms with E-state index in [1.165, 1.54) is 35.2 Å². The van der Waals surface area contributed by atoms with Crippen LogP contribution in [0.1, 0.15) is 34.1 Å². The number of carbonyl (C=O) groups is 5. The van der Waals surface area contributed by atoms with E-state index in [4.69, 9.17) is 18.9 Å². The Hall–Kier alpha value is -3.71. The molecule has 0 radical (unpaired) electrons. The lowest BCUT2D eigenvalue weighted by Gasteiger charge is -2.61. The molecular weight excluding hydrogens is 560 g/mol. The van der Waals surface area contributed by atoms with Crippen molar-refractivity contribution in [3.63, 3.8) is 0 Å². The average molecular weight is 597 g/mol. The van der Waals surface area contributed by atoms with Crippen LogP contribution in [-0.2, 0) is 42.9 Å². The van der Waals surface area contributed by atoms with Gasteiger partial charge in [-0.25, -0.2) is 4.79 Å². The Morgan fingerprint density at radius 1 is 0.930 bits per heavy atom. The lowest BCUT2D eigenvalue weighted by molar-refractivity contribution is -0.190. The molecule has 5 aliphatic rings. The van der Waals surface area contributed by atoms with Gasteiger partial charge in [-0.15, -0.1) is 0 Å². The highest BCUT2D eigenvalue weighted by atomic mass is 16.5. The summed E-state index contributed by atoms with van der Waals surface area (Å²) in [7, 11) is 5.73. The SMILES string of the molecule is C/C=C(/C)C(=O)OC[C@H]1C2=C(C[C@H]3C4C5=C(C(=O)C(C)=C(OC)C5=O)[C@H](OC)C([C@H](O)N13)N4C)C(=O)C(C)=C(OC)C2=O. The molecule has 5 rings (SSSR count). The third-order valence-electron chi connectivity index (χ3n) is 9.45. The van der Waals surface area contributed by atoms with Crippen molar-refractivity contribution in [3.8, 4) is 0 Å². The van der Waals surface area contributed by atoms with Gasteiger partial charge in [-0.05, 0) is 41.2 Å². The van der Waals surface area contributed by atoms with Gasteiger partial charge in [0.15, 0.2) is 23.1 Å². The summed E-state index contributed by atoms with van der Waals surface area (Å²) in [5.74, 6) is -2.69. The zero-order chi connectivity index (χ0) is 31.7. The predicted molar refractivity (Wildman–Crippen MR) is 150 cm³/mol. The summed E-state index contributed by atoms with van der Waals surface area (Å²) in [5, 5.41) is 12.0. The molecule has 43 heavy (non-hydrogen) atoms. The van der Waals surface area contributed by atoms with Crippen LogP contribution in [0.2, 0.25) is 0 Å². The van der Waals surface area contributed by atoms with E-state index in [1.807, 2.05) is 0 Å². The summed E-state index contributed by atoms with van der Waals surface area (Å²) in [6.07, 6.45) is -0.808. The Bertz CT molecular complexity index is 1510. The maximum absolute atomic E-state index is 14.0. The quantitative estimate of drug-likeness (QED) is 0.261. The fourth-order valence-corrected chi connectivity index (χ4v) is 7.29. The topological polar surface area (TPSA) is 149 Å². The highest BCUT2D eigenvalue weighted by molar-refractivity contribution is 6.26. The summed E-state index contributed by atoms with van der Waals surface area (Å²) in [4.78, 5) is 71.3. The molecule has 1 saturated heterocycles. The third-order valence-corrected chi connectivity index (χ3v) is 9.45. The second-order valence-electron chi connectivity index (χ2n) is 11.3. The Labute approximate surface area is 249 Å². The molecule has 1 N–H and O–H groups in total. The number of fused-ring (bicyclic) bond motifs is 5. The third kappa shape index (κ3) is 4.22.